The summed E-state index contributed by atoms with van der Waals surface area (Å²) in [5.41, 5.74) is 8.12. The second-order valence-electron chi connectivity index (χ2n) is 6.08. The molecule has 4 rings (SSSR count). The summed E-state index contributed by atoms with van der Waals surface area (Å²) in [5.74, 6) is -0.702. The molecule has 0 saturated carbocycles. The summed E-state index contributed by atoms with van der Waals surface area (Å²) in [6.45, 7) is 0.527. The van der Waals surface area contributed by atoms with Gasteiger partial charge in [0.15, 0.2) is 0 Å². The normalized spacial score (nSPS) is 17.3. The number of halogens is 1. The summed E-state index contributed by atoms with van der Waals surface area (Å²) in [6, 6.07) is 3.09. The predicted octanol–water partition coefficient (Wildman–Crippen LogP) is 2.55. The number of H-pyrrole nitrogens is 2. The van der Waals surface area contributed by atoms with Crippen molar-refractivity contribution in [2.45, 2.75) is 18.9 Å². The highest BCUT2D eigenvalue weighted by molar-refractivity contribution is 6.34. The number of hydrogen-bond acceptors (Lipinski definition) is 3. The number of nitrogens with two attached hydrogens (primary N) is 1. The Morgan fingerprint density at radius 2 is 2.24 bits per heavy atom. The van der Waals surface area contributed by atoms with Gasteiger partial charge < -0.3 is 20.6 Å². The molecule has 2 amide bonds. The first kappa shape index (κ1) is 15.7. The maximum Gasteiger partial charge on any atom is 0.270 e. The van der Waals surface area contributed by atoms with Gasteiger partial charge in [-0.1, -0.05) is 11.6 Å². The highest BCUT2D eigenvalue weighted by Crippen LogP contribution is 2.34. The fourth-order valence-corrected chi connectivity index (χ4v) is 3.66. The third kappa shape index (κ3) is 2.56. The van der Waals surface area contributed by atoms with Crippen LogP contribution in [0.1, 0.15) is 24.8 Å². The predicted molar refractivity (Wildman–Crippen MR) is 96.3 cm³/mol. The summed E-state index contributed by atoms with van der Waals surface area (Å²) in [6.07, 6.45) is 6.48. The highest BCUT2D eigenvalue weighted by atomic mass is 35.5. The summed E-state index contributed by atoms with van der Waals surface area (Å²) in [5, 5.41) is 1.38. The first-order valence-electron chi connectivity index (χ1n) is 7.97. The third-order valence-corrected chi connectivity index (χ3v) is 4.87. The maximum absolute atomic E-state index is 12.7. The van der Waals surface area contributed by atoms with E-state index in [0.29, 0.717) is 23.7 Å². The first-order valence-corrected chi connectivity index (χ1v) is 8.34. The first-order chi connectivity index (χ1) is 12.1. The van der Waals surface area contributed by atoms with Crippen molar-refractivity contribution in [3.05, 3.63) is 41.4 Å². The average molecular weight is 360 g/mol. The molecule has 1 fully saturated rings. The van der Waals surface area contributed by atoms with E-state index in [1.807, 2.05) is 6.07 Å². The lowest BCUT2D eigenvalue weighted by molar-refractivity contribution is -0.121. The number of pyridine rings is 1. The molecule has 1 atom stereocenters. The summed E-state index contributed by atoms with van der Waals surface area (Å²) in [7, 11) is 0. The minimum absolute atomic E-state index is 0. The molecule has 1 saturated heterocycles. The minimum atomic E-state index is -0.542. The zero-order valence-corrected chi connectivity index (χ0v) is 14.0. The van der Waals surface area contributed by atoms with Crippen LogP contribution in [-0.4, -0.2) is 44.3 Å². The second kappa shape index (κ2) is 5.93. The molecule has 4 N–H and O–H groups in total. The van der Waals surface area contributed by atoms with Crippen molar-refractivity contribution < 1.29 is 11.0 Å². The van der Waals surface area contributed by atoms with Crippen molar-refractivity contribution in [2.75, 3.05) is 6.54 Å². The Bertz CT molecular complexity index is 983. The van der Waals surface area contributed by atoms with Crippen LogP contribution in [0.25, 0.3) is 22.2 Å². The van der Waals surface area contributed by atoms with E-state index in [1.165, 1.54) is 4.90 Å². The van der Waals surface area contributed by atoms with Crippen LogP contribution in [0.3, 0.4) is 0 Å². The number of rotatable bonds is 3. The summed E-state index contributed by atoms with van der Waals surface area (Å²) < 4.78 is 0. The molecule has 1 aliphatic rings. The van der Waals surface area contributed by atoms with Gasteiger partial charge in [0.05, 0.1) is 5.02 Å². The van der Waals surface area contributed by atoms with Crippen molar-refractivity contribution in [1.29, 1.82) is 0 Å². The molecule has 0 radical (unpaired) electrons. The third-order valence-electron chi connectivity index (χ3n) is 4.58. The lowest BCUT2D eigenvalue weighted by Gasteiger charge is -2.21. The topological polar surface area (TPSA) is 108 Å². The fourth-order valence-electron chi connectivity index (χ4n) is 3.40. The molecule has 7 nitrogen and oxygen atoms in total. The van der Waals surface area contributed by atoms with Crippen LogP contribution in [0.15, 0.2) is 30.7 Å². The lowest BCUT2D eigenvalue weighted by atomic mass is 10.1. The van der Waals surface area contributed by atoms with Crippen molar-refractivity contribution in [1.82, 2.24) is 19.9 Å². The molecule has 0 spiro atoms. The van der Waals surface area contributed by atoms with Crippen molar-refractivity contribution in [3.8, 4) is 11.1 Å². The SMILES string of the molecule is NC(=O)C1CCCN1C(=O)c1cc(-c2c(Cl)cnc3[nH]ccc23)c[nH]1.[HH]. The van der Waals surface area contributed by atoms with Gasteiger partial charge in [-0.2, -0.15) is 0 Å². The number of fused-ring (bicyclic) bond motifs is 1. The molecule has 3 aromatic heterocycles. The van der Waals surface area contributed by atoms with E-state index in [9.17, 15) is 9.59 Å². The van der Waals surface area contributed by atoms with E-state index in [-0.39, 0.29) is 7.33 Å². The molecule has 0 bridgehead atoms. The molecular weight excluding hydrogens is 342 g/mol. The zero-order chi connectivity index (χ0) is 17.6. The van der Waals surface area contributed by atoms with Crippen LogP contribution in [0.5, 0.6) is 0 Å². The zero-order valence-electron chi connectivity index (χ0n) is 13.3. The Morgan fingerprint density at radius 3 is 3.04 bits per heavy atom. The number of primary amides is 1. The van der Waals surface area contributed by atoms with E-state index in [1.54, 1.807) is 24.7 Å². The highest BCUT2D eigenvalue weighted by Gasteiger charge is 2.33. The van der Waals surface area contributed by atoms with Gasteiger partial charge >= 0.3 is 0 Å². The second-order valence-corrected chi connectivity index (χ2v) is 6.49. The van der Waals surface area contributed by atoms with Gasteiger partial charge in [-0.3, -0.25) is 9.59 Å². The van der Waals surface area contributed by atoms with E-state index in [0.717, 1.165) is 28.6 Å². The molecule has 25 heavy (non-hydrogen) atoms. The number of amides is 2. The lowest BCUT2D eigenvalue weighted by Crippen LogP contribution is -2.43. The van der Waals surface area contributed by atoms with Gasteiger partial charge in [0.2, 0.25) is 5.91 Å². The van der Waals surface area contributed by atoms with Crippen LogP contribution in [0.4, 0.5) is 0 Å². The van der Waals surface area contributed by atoms with Crippen LogP contribution in [-0.2, 0) is 4.79 Å². The van der Waals surface area contributed by atoms with E-state index in [4.69, 9.17) is 17.3 Å². The van der Waals surface area contributed by atoms with Gasteiger partial charge in [-0.05, 0) is 25.0 Å². The number of nitrogens with one attached hydrogen (secondary N) is 2. The van der Waals surface area contributed by atoms with Crippen molar-refractivity contribution >= 4 is 34.4 Å². The number of carbonyl (C=O) groups is 2. The smallest absolute Gasteiger partial charge is 0.270 e. The number of hydrogen-bond donors (Lipinski definition) is 3. The van der Waals surface area contributed by atoms with Gasteiger partial charge in [-0.15, -0.1) is 0 Å². The molecule has 0 aliphatic carbocycles. The molecular formula is C17H18ClN5O2. The van der Waals surface area contributed by atoms with Crippen LogP contribution >= 0.6 is 11.6 Å². The monoisotopic (exact) mass is 359 g/mol. The average Bonchev–Trinajstić information content (AvgIpc) is 3.33. The number of nitrogens with zero attached hydrogens (tertiary/aromatic N) is 2. The number of aromatic amines is 2. The van der Waals surface area contributed by atoms with Gasteiger partial charge in [0.1, 0.15) is 17.4 Å². The Labute approximate surface area is 149 Å². The Morgan fingerprint density at radius 1 is 1.40 bits per heavy atom. The Kier molecular flexibility index (Phi) is 3.73. The minimum Gasteiger partial charge on any atom is -0.368 e. The molecule has 1 unspecified atom stereocenters. The molecule has 130 valence electrons. The largest absolute Gasteiger partial charge is 0.368 e. The number of carbonyl (C=O) groups excluding carboxylic acids is 2. The Hall–Kier alpha value is -2.80. The van der Waals surface area contributed by atoms with E-state index >= 15 is 0 Å². The molecule has 3 aromatic rings. The van der Waals surface area contributed by atoms with Crippen LogP contribution in [0.2, 0.25) is 5.02 Å². The molecule has 4 heterocycles. The number of aromatic nitrogens is 3. The van der Waals surface area contributed by atoms with Crippen LogP contribution in [0, 0.1) is 0 Å². The van der Waals surface area contributed by atoms with Gasteiger partial charge in [0, 0.05) is 43.1 Å². The Balaban J connectivity index is 0.00000196. The maximum atomic E-state index is 12.7. The summed E-state index contributed by atoms with van der Waals surface area (Å²) >= 11 is 6.33. The van der Waals surface area contributed by atoms with Gasteiger partial charge in [-0.25, -0.2) is 4.98 Å². The fraction of sp³-hybridized carbons (Fsp3) is 0.235. The van der Waals surface area contributed by atoms with Gasteiger partial charge in [0.25, 0.3) is 5.91 Å². The molecule has 0 aromatic carbocycles. The van der Waals surface area contributed by atoms with Crippen LogP contribution < -0.4 is 5.73 Å². The standard InChI is InChI=1S/C17H16ClN5O2.H2/c18-11-8-22-16-10(3-4-20-16)14(11)9-6-12(21-7-9)17(25)23-5-1-2-13(23)15(19)24;/h3-4,6-8,13,21H,1-2,5H2,(H2,19,24)(H,20,22);1H. The van der Waals surface area contributed by atoms with Crippen molar-refractivity contribution in [2.24, 2.45) is 5.73 Å². The number of likely N-dealkylation sites (tertiary alicyclic amines) is 1. The van der Waals surface area contributed by atoms with E-state index < -0.39 is 11.9 Å². The molecule has 1 aliphatic heterocycles. The van der Waals surface area contributed by atoms with Crippen molar-refractivity contribution in [3.63, 3.8) is 0 Å². The van der Waals surface area contributed by atoms with E-state index in [2.05, 4.69) is 15.0 Å². The molecule has 8 heteroatoms. The summed E-state index contributed by atoms with van der Waals surface area (Å²) in [4.78, 5) is 36.1. The quantitative estimate of drug-likeness (QED) is 0.668.